The summed E-state index contributed by atoms with van der Waals surface area (Å²) in [4.78, 5) is 16.1. The van der Waals surface area contributed by atoms with Crippen LogP contribution in [0.3, 0.4) is 0 Å². The molecule has 0 atom stereocenters. The molecule has 1 aliphatic heterocycles. The van der Waals surface area contributed by atoms with E-state index in [1.165, 1.54) is 0 Å². The Hall–Kier alpha value is -0.610. The van der Waals surface area contributed by atoms with Gasteiger partial charge < -0.3 is 25.4 Å². The smallest absolute Gasteiger partial charge is 0.242 e. The van der Waals surface area contributed by atoms with Gasteiger partial charge >= 0.3 is 0 Å². The predicted octanol–water partition coefficient (Wildman–Crippen LogP) is 1.66. The third-order valence-corrected chi connectivity index (χ3v) is 3.37. The van der Waals surface area contributed by atoms with Gasteiger partial charge in [-0.05, 0) is 47.0 Å². The Labute approximate surface area is 169 Å². The summed E-state index contributed by atoms with van der Waals surface area (Å²) in [5, 5.41) is 9.27. The van der Waals surface area contributed by atoms with Crippen LogP contribution in [0.15, 0.2) is 4.99 Å². The lowest BCUT2D eigenvalue weighted by atomic mass is 10.1. The number of aliphatic imine (C=N–C) groups is 1. The summed E-state index contributed by atoms with van der Waals surface area (Å²) in [6, 6.07) is 0. The average molecular weight is 470 g/mol. The summed E-state index contributed by atoms with van der Waals surface area (Å²) >= 11 is 0. The predicted molar refractivity (Wildman–Crippen MR) is 112 cm³/mol. The molecule has 0 spiro atoms. The van der Waals surface area contributed by atoms with E-state index in [9.17, 15) is 4.79 Å². The van der Waals surface area contributed by atoms with Gasteiger partial charge in [0.1, 0.15) is 6.54 Å². The van der Waals surface area contributed by atoms with E-state index in [0.717, 1.165) is 52.2 Å². The van der Waals surface area contributed by atoms with Crippen LogP contribution in [0.25, 0.3) is 0 Å². The molecule has 1 saturated heterocycles. The lowest BCUT2D eigenvalue weighted by Crippen LogP contribution is -2.43. The van der Waals surface area contributed by atoms with Crippen LogP contribution in [0.5, 0.6) is 0 Å². The molecule has 1 amide bonds. The van der Waals surface area contributed by atoms with Gasteiger partial charge in [-0.15, -0.1) is 24.0 Å². The number of nitrogens with one attached hydrogen (secondary N) is 3. The van der Waals surface area contributed by atoms with E-state index in [1.807, 2.05) is 27.7 Å². The van der Waals surface area contributed by atoms with Gasteiger partial charge in [-0.2, -0.15) is 0 Å². The third-order valence-electron chi connectivity index (χ3n) is 3.37. The molecular formula is C17H35IN4O3. The van der Waals surface area contributed by atoms with Crippen molar-refractivity contribution in [1.82, 2.24) is 16.0 Å². The van der Waals surface area contributed by atoms with Gasteiger partial charge in [0.15, 0.2) is 5.96 Å². The van der Waals surface area contributed by atoms with Crippen molar-refractivity contribution in [3.05, 3.63) is 0 Å². The van der Waals surface area contributed by atoms with Gasteiger partial charge in [-0.1, -0.05) is 0 Å². The number of hydrogen-bond acceptors (Lipinski definition) is 4. The first-order chi connectivity index (χ1) is 11.4. The van der Waals surface area contributed by atoms with E-state index in [0.29, 0.717) is 12.1 Å². The van der Waals surface area contributed by atoms with Gasteiger partial charge in [-0.3, -0.25) is 4.79 Å². The number of ether oxygens (including phenoxy) is 2. The molecule has 1 rings (SSSR count). The molecule has 25 heavy (non-hydrogen) atoms. The molecule has 1 aliphatic rings. The summed E-state index contributed by atoms with van der Waals surface area (Å²) in [6.45, 7) is 11.8. The molecule has 0 saturated carbocycles. The van der Waals surface area contributed by atoms with Crippen LogP contribution < -0.4 is 16.0 Å². The molecule has 8 heteroatoms. The monoisotopic (exact) mass is 470 g/mol. The number of guanidine groups is 1. The number of nitrogens with zero attached hydrogens (tertiary/aromatic N) is 1. The molecule has 1 fully saturated rings. The minimum Gasteiger partial charge on any atom is -0.381 e. The van der Waals surface area contributed by atoms with Crippen molar-refractivity contribution >= 4 is 35.8 Å². The molecule has 7 nitrogen and oxygen atoms in total. The van der Waals surface area contributed by atoms with Gasteiger partial charge in [0.25, 0.3) is 0 Å². The normalized spacial score (nSPS) is 16.1. The first-order valence-corrected chi connectivity index (χ1v) is 8.93. The maximum absolute atomic E-state index is 11.8. The van der Waals surface area contributed by atoms with Crippen molar-refractivity contribution in [1.29, 1.82) is 0 Å². The second-order valence-corrected chi connectivity index (χ2v) is 6.96. The molecule has 3 N–H and O–H groups in total. The molecule has 0 bridgehead atoms. The van der Waals surface area contributed by atoms with Gasteiger partial charge in [0, 0.05) is 38.4 Å². The van der Waals surface area contributed by atoms with Crippen LogP contribution in [0, 0.1) is 0 Å². The highest BCUT2D eigenvalue weighted by Crippen LogP contribution is 2.10. The first-order valence-electron chi connectivity index (χ1n) is 8.93. The van der Waals surface area contributed by atoms with Gasteiger partial charge in [0.05, 0.1) is 6.10 Å². The minimum atomic E-state index is -0.236. The molecule has 0 aromatic heterocycles. The SMILES string of the molecule is CCNC(=NCC(=O)NC(C)(C)C)NCCCOC1CCOCC1.I. The largest absolute Gasteiger partial charge is 0.381 e. The zero-order chi connectivity index (χ0) is 17.8. The first kappa shape index (κ1) is 24.4. The summed E-state index contributed by atoms with van der Waals surface area (Å²) in [5.41, 5.74) is -0.236. The molecule has 148 valence electrons. The van der Waals surface area contributed by atoms with Crippen LogP contribution in [0.1, 0.15) is 47.0 Å². The quantitative estimate of drug-likeness (QED) is 0.218. The van der Waals surface area contributed by atoms with Crippen LogP contribution in [0.2, 0.25) is 0 Å². The maximum Gasteiger partial charge on any atom is 0.242 e. The van der Waals surface area contributed by atoms with Crippen molar-refractivity contribution in [2.75, 3.05) is 39.5 Å². The van der Waals surface area contributed by atoms with E-state index in [2.05, 4.69) is 20.9 Å². The summed E-state index contributed by atoms with van der Waals surface area (Å²) in [7, 11) is 0. The number of carbonyl (C=O) groups is 1. The van der Waals surface area contributed by atoms with Crippen molar-refractivity contribution < 1.29 is 14.3 Å². The van der Waals surface area contributed by atoms with Crippen LogP contribution in [0.4, 0.5) is 0 Å². The van der Waals surface area contributed by atoms with Crippen LogP contribution >= 0.6 is 24.0 Å². The number of halogens is 1. The topological polar surface area (TPSA) is 84.0 Å². The Morgan fingerprint density at radius 2 is 1.92 bits per heavy atom. The summed E-state index contributed by atoms with van der Waals surface area (Å²) in [6.07, 6.45) is 3.21. The fourth-order valence-corrected chi connectivity index (χ4v) is 2.32. The number of rotatable bonds is 8. The lowest BCUT2D eigenvalue weighted by Gasteiger charge is -2.22. The Kier molecular flexibility index (Phi) is 13.2. The Bertz CT molecular complexity index is 394. The highest BCUT2D eigenvalue weighted by molar-refractivity contribution is 14.0. The Morgan fingerprint density at radius 3 is 2.52 bits per heavy atom. The van der Waals surface area contributed by atoms with Crippen molar-refractivity contribution in [3.8, 4) is 0 Å². The van der Waals surface area contributed by atoms with E-state index in [-0.39, 0.29) is 42.0 Å². The highest BCUT2D eigenvalue weighted by atomic mass is 127. The fraction of sp³-hybridized carbons (Fsp3) is 0.882. The molecule has 0 aromatic rings. The fourth-order valence-electron chi connectivity index (χ4n) is 2.32. The highest BCUT2D eigenvalue weighted by Gasteiger charge is 2.14. The van der Waals surface area contributed by atoms with Crippen molar-refractivity contribution in [2.45, 2.75) is 58.6 Å². The standard InChI is InChI=1S/C17H34N4O3.HI/c1-5-18-16(20-13-15(22)21-17(2,3)4)19-9-6-10-24-14-7-11-23-12-8-14;/h14H,5-13H2,1-4H3,(H,21,22)(H2,18,19,20);1H. The van der Waals surface area contributed by atoms with Crippen LogP contribution in [-0.4, -0.2) is 63.0 Å². The van der Waals surface area contributed by atoms with Crippen LogP contribution in [-0.2, 0) is 14.3 Å². The van der Waals surface area contributed by atoms with E-state index < -0.39 is 0 Å². The van der Waals surface area contributed by atoms with E-state index in [1.54, 1.807) is 0 Å². The summed E-state index contributed by atoms with van der Waals surface area (Å²) in [5.74, 6) is 0.579. The number of amides is 1. The Morgan fingerprint density at radius 1 is 1.24 bits per heavy atom. The summed E-state index contributed by atoms with van der Waals surface area (Å²) < 4.78 is 11.1. The Balaban J connectivity index is 0.00000576. The van der Waals surface area contributed by atoms with E-state index >= 15 is 0 Å². The molecule has 0 aliphatic carbocycles. The average Bonchev–Trinajstić information content (AvgIpc) is 2.51. The number of hydrogen-bond donors (Lipinski definition) is 3. The zero-order valence-corrected chi connectivity index (χ0v) is 18.4. The minimum absolute atomic E-state index is 0. The van der Waals surface area contributed by atoms with Gasteiger partial charge in [0.2, 0.25) is 5.91 Å². The number of carbonyl (C=O) groups excluding carboxylic acids is 1. The molecule has 0 unspecified atom stereocenters. The van der Waals surface area contributed by atoms with Crippen molar-refractivity contribution in [3.63, 3.8) is 0 Å². The second kappa shape index (κ2) is 13.6. The molecule has 0 aromatic carbocycles. The zero-order valence-electron chi connectivity index (χ0n) is 16.0. The molecular weight excluding hydrogens is 435 g/mol. The van der Waals surface area contributed by atoms with Crippen molar-refractivity contribution in [2.24, 2.45) is 4.99 Å². The van der Waals surface area contributed by atoms with E-state index in [4.69, 9.17) is 9.47 Å². The third kappa shape index (κ3) is 13.3. The molecule has 1 heterocycles. The second-order valence-electron chi connectivity index (χ2n) is 6.96. The van der Waals surface area contributed by atoms with Gasteiger partial charge in [-0.25, -0.2) is 4.99 Å². The maximum atomic E-state index is 11.8. The molecule has 0 radical (unpaired) electrons. The lowest BCUT2D eigenvalue weighted by molar-refractivity contribution is -0.121.